The van der Waals surface area contributed by atoms with Crippen molar-refractivity contribution in [3.05, 3.63) is 103 Å². The zero-order chi connectivity index (χ0) is 27.1. The third kappa shape index (κ3) is 4.42. The molecule has 0 aliphatic rings. The number of anilines is 2. The van der Waals surface area contributed by atoms with Gasteiger partial charge in [-0.05, 0) is 54.8 Å². The minimum atomic E-state index is -0.826. The van der Waals surface area contributed by atoms with Gasteiger partial charge >= 0.3 is 11.4 Å². The number of pyridine rings is 1. The summed E-state index contributed by atoms with van der Waals surface area (Å²) >= 11 is 6.49. The van der Waals surface area contributed by atoms with Gasteiger partial charge in [0.1, 0.15) is 11.9 Å². The van der Waals surface area contributed by atoms with Crippen molar-refractivity contribution < 1.29 is 4.39 Å². The van der Waals surface area contributed by atoms with Gasteiger partial charge in [0.05, 0.1) is 40.2 Å². The number of hydrogen-bond donors (Lipinski definition) is 1. The largest absolute Gasteiger partial charge is 0.359 e. The van der Waals surface area contributed by atoms with E-state index in [4.69, 9.17) is 11.6 Å². The van der Waals surface area contributed by atoms with E-state index in [2.05, 4.69) is 20.4 Å². The molecular weight excluding hydrogens is 511 g/mol. The van der Waals surface area contributed by atoms with Crippen LogP contribution in [0, 0.1) is 31.0 Å². The highest BCUT2D eigenvalue weighted by Gasteiger charge is 2.19. The summed E-state index contributed by atoms with van der Waals surface area (Å²) in [6.07, 6.45) is 4.78. The SMILES string of the molecule is Cc1cncc(-n2c(=O)nc(Nc3cc4cn(C)nc4cc3Cl)n(Cc3ccc(F)c(C#N)c3C)c2=O)c1. The van der Waals surface area contributed by atoms with Crippen LogP contribution in [0.25, 0.3) is 16.6 Å². The molecule has 0 amide bonds. The number of nitrogens with zero attached hydrogens (tertiary/aromatic N) is 7. The summed E-state index contributed by atoms with van der Waals surface area (Å²) in [5.74, 6) is -0.742. The summed E-state index contributed by atoms with van der Waals surface area (Å²) < 4.78 is 18.0. The molecule has 3 heterocycles. The molecule has 5 rings (SSSR count). The highest BCUT2D eigenvalue weighted by atomic mass is 35.5. The van der Waals surface area contributed by atoms with Crippen LogP contribution in [-0.2, 0) is 13.6 Å². The van der Waals surface area contributed by atoms with E-state index in [-0.39, 0.29) is 23.7 Å². The number of aromatic nitrogens is 6. The minimum absolute atomic E-state index is 0.0794. The Morgan fingerprint density at radius 2 is 1.95 bits per heavy atom. The molecule has 190 valence electrons. The summed E-state index contributed by atoms with van der Waals surface area (Å²) in [6, 6.07) is 9.53. The van der Waals surface area contributed by atoms with Gasteiger partial charge < -0.3 is 5.32 Å². The lowest BCUT2D eigenvalue weighted by Gasteiger charge is -2.17. The second kappa shape index (κ2) is 9.57. The van der Waals surface area contributed by atoms with Crippen LogP contribution >= 0.6 is 11.6 Å². The predicted molar refractivity (Wildman–Crippen MR) is 141 cm³/mol. The van der Waals surface area contributed by atoms with Crippen LogP contribution in [0.3, 0.4) is 0 Å². The van der Waals surface area contributed by atoms with Crippen molar-refractivity contribution >= 4 is 34.1 Å². The number of halogens is 2. The first-order valence-electron chi connectivity index (χ1n) is 11.4. The van der Waals surface area contributed by atoms with E-state index in [0.29, 0.717) is 27.4 Å². The molecule has 0 fully saturated rings. The van der Waals surface area contributed by atoms with Gasteiger partial charge in [0.25, 0.3) is 0 Å². The molecule has 0 spiro atoms. The molecule has 2 aromatic carbocycles. The fourth-order valence-electron chi connectivity index (χ4n) is 4.20. The van der Waals surface area contributed by atoms with Crippen LogP contribution in [-0.4, -0.2) is 28.9 Å². The number of aryl methyl sites for hydroxylation is 2. The molecule has 12 heteroatoms. The first-order valence-corrected chi connectivity index (χ1v) is 11.8. The summed E-state index contributed by atoms with van der Waals surface area (Å²) in [4.78, 5) is 35.1. The van der Waals surface area contributed by atoms with Crippen LogP contribution in [0.5, 0.6) is 0 Å². The number of hydrogen-bond acceptors (Lipinski definition) is 7. The normalized spacial score (nSPS) is 11.1. The van der Waals surface area contributed by atoms with Crippen molar-refractivity contribution in [1.82, 2.24) is 28.9 Å². The summed E-state index contributed by atoms with van der Waals surface area (Å²) in [6.45, 7) is 3.27. The quantitative estimate of drug-likeness (QED) is 0.367. The Balaban J connectivity index is 1.71. The van der Waals surface area contributed by atoms with E-state index in [1.807, 2.05) is 6.07 Å². The topological polar surface area (TPSA) is 123 Å². The number of rotatable bonds is 5. The molecule has 0 aliphatic carbocycles. The van der Waals surface area contributed by atoms with Crippen LogP contribution in [0.15, 0.2) is 58.5 Å². The number of fused-ring (bicyclic) bond motifs is 1. The first-order chi connectivity index (χ1) is 18.2. The lowest BCUT2D eigenvalue weighted by atomic mass is 10.0. The molecule has 5 aromatic rings. The molecule has 0 saturated heterocycles. The highest BCUT2D eigenvalue weighted by Crippen LogP contribution is 2.29. The van der Waals surface area contributed by atoms with Crippen molar-refractivity contribution in [2.75, 3.05) is 5.32 Å². The average molecular weight is 531 g/mol. The average Bonchev–Trinajstić information content (AvgIpc) is 3.22. The van der Waals surface area contributed by atoms with Gasteiger partial charge in [-0.2, -0.15) is 15.3 Å². The van der Waals surface area contributed by atoms with Crippen molar-refractivity contribution in [3.8, 4) is 11.8 Å². The lowest BCUT2D eigenvalue weighted by molar-refractivity contribution is 0.617. The Bertz CT molecular complexity index is 1900. The van der Waals surface area contributed by atoms with Crippen LogP contribution in [0.2, 0.25) is 5.02 Å². The van der Waals surface area contributed by atoms with Gasteiger partial charge in [0.2, 0.25) is 5.95 Å². The third-order valence-electron chi connectivity index (χ3n) is 6.11. The zero-order valence-corrected chi connectivity index (χ0v) is 21.3. The van der Waals surface area contributed by atoms with E-state index in [0.717, 1.165) is 15.5 Å². The summed E-state index contributed by atoms with van der Waals surface area (Å²) in [5.41, 5.74) is 1.26. The van der Waals surface area contributed by atoms with Gasteiger partial charge in [0, 0.05) is 24.8 Å². The number of nitriles is 1. The minimum Gasteiger partial charge on any atom is -0.324 e. The molecule has 0 atom stereocenters. The molecular formula is C26H20ClFN8O2. The summed E-state index contributed by atoms with van der Waals surface area (Å²) in [7, 11) is 1.78. The fraction of sp³-hybridized carbons (Fsp3) is 0.154. The maximum absolute atomic E-state index is 14.2. The standard InChI is InChI=1S/C26H20ClFN8O2/c1-14-6-18(11-30-10-14)36-25(37)32-24(31-23-7-17-12-34(3)33-22(17)8-20(23)27)35(26(36)38)13-16-4-5-21(28)19(9-29)15(16)2/h4-8,10-12H,13H2,1-3H3,(H,31,32,37). The molecule has 0 bridgehead atoms. The molecule has 1 N–H and O–H groups in total. The molecule has 0 unspecified atom stereocenters. The zero-order valence-electron chi connectivity index (χ0n) is 20.5. The van der Waals surface area contributed by atoms with Crippen LogP contribution < -0.4 is 16.7 Å². The lowest BCUT2D eigenvalue weighted by Crippen LogP contribution is -2.42. The van der Waals surface area contributed by atoms with Gasteiger partial charge in [-0.3, -0.25) is 14.2 Å². The third-order valence-corrected chi connectivity index (χ3v) is 6.42. The molecule has 0 saturated carbocycles. The maximum Gasteiger partial charge on any atom is 0.359 e. The van der Waals surface area contributed by atoms with Crippen molar-refractivity contribution in [1.29, 1.82) is 5.26 Å². The predicted octanol–water partition coefficient (Wildman–Crippen LogP) is 3.75. The van der Waals surface area contributed by atoms with Gasteiger partial charge in [0.15, 0.2) is 0 Å². The monoisotopic (exact) mass is 530 g/mol. The molecule has 38 heavy (non-hydrogen) atoms. The van der Waals surface area contributed by atoms with Gasteiger partial charge in [-0.25, -0.2) is 18.5 Å². The first kappa shape index (κ1) is 24.9. The van der Waals surface area contributed by atoms with Crippen molar-refractivity contribution in [2.45, 2.75) is 20.4 Å². The fourth-order valence-corrected chi connectivity index (χ4v) is 4.41. The highest BCUT2D eigenvalue weighted by molar-refractivity contribution is 6.34. The smallest absolute Gasteiger partial charge is 0.324 e. The van der Waals surface area contributed by atoms with E-state index < -0.39 is 17.2 Å². The van der Waals surface area contributed by atoms with Crippen LogP contribution in [0.1, 0.15) is 22.3 Å². The Hall–Kier alpha value is -4.82. The van der Waals surface area contributed by atoms with Crippen LogP contribution in [0.4, 0.5) is 16.0 Å². The maximum atomic E-state index is 14.2. The van der Waals surface area contributed by atoms with Crippen molar-refractivity contribution in [3.63, 3.8) is 0 Å². The molecule has 10 nitrogen and oxygen atoms in total. The Morgan fingerprint density at radius 3 is 2.68 bits per heavy atom. The van der Waals surface area contributed by atoms with Gasteiger partial charge in [-0.15, -0.1) is 0 Å². The van der Waals surface area contributed by atoms with Gasteiger partial charge in [-0.1, -0.05) is 17.7 Å². The Morgan fingerprint density at radius 1 is 1.16 bits per heavy atom. The second-order valence-electron chi connectivity index (χ2n) is 8.78. The van der Waals surface area contributed by atoms with E-state index >= 15 is 0 Å². The van der Waals surface area contributed by atoms with E-state index in [9.17, 15) is 19.2 Å². The number of benzene rings is 2. The second-order valence-corrected chi connectivity index (χ2v) is 9.19. The molecule has 0 aliphatic heterocycles. The van der Waals surface area contributed by atoms with E-state index in [1.165, 1.54) is 22.9 Å². The molecule has 0 radical (unpaired) electrons. The van der Waals surface area contributed by atoms with E-state index in [1.54, 1.807) is 56.2 Å². The Kier molecular flexibility index (Phi) is 6.26. The van der Waals surface area contributed by atoms with Crippen molar-refractivity contribution in [2.24, 2.45) is 7.05 Å². The summed E-state index contributed by atoms with van der Waals surface area (Å²) in [5, 5.41) is 17.8. The molecule has 3 aromatic heterocycles. The number of nitrogens with one attached hydrogen (secondary N) is 1. The Labute approximate surface area is 220 Å².